The Morgan fingerprint density at radius 2 is 1.88 bits per heavy atom. The number of rotatable bonds is 11. The van der Waals surface area contributed by atoms with Crippen LogP contribution >= 0.6 is 11.6 Å². The van der Waals surface area contributed by atoms with Crippen molar-refractivity contribution in [1.29, 1.82) is 0 Å². The average Bonchev–Trinajstić information content (AvgIpc) is 2.78. The topological polar surface area (TPSA) is 67.9 Å². The summed E-state index contributed by atoms with van der Waals surface area (Å²) in [4.78, 5) is 27.7. The van der Waals surface area contributed by atoms with Crippen LogP contribution in [0.15, 0.2) is 42.5 Å². The Bertz CT molecular complexity index is 917. The summed E-state index contributed by atoms with van der Waals surface area (Å²) in [5.74, 6) is 1.13. The molecule has 32 heavy (non-hydrogen) atoms. The fraction of sp³-hybridized carbons (Fsp3) is 0.440. The second kappa shape index (κ2) is 12.3. The minimum atomic E-state index is -0.608. The van der Waals surface area contributed by atoms with Gasteiger partial charge in [-0.1, -0.05) is 44.5 Å². The average molecular weight is 461 g/mol. The summed E-state index contributed by atoms with van der Waals surface area (Å²) in [5, 5.41) is 3.59. The van der Waals surface area contributed by atoms with Crippen LogP contribution in [0.5, 0.6) is 11.5 Å². The van der Waals surface area contributed by atoms with Crippen LogP contribution in [0.4, 0.5) is 0 Å². The van der Waals surface area contributed by atoms with Crippen LogP contribution in [0, 0.1) is 12.8 Å². The van der Waals surface area contributed by atoms with Gasteiger partial charge in [0.05, 0.1) is 7.11 Å². The van der Waals surface area contributed by atoms with E-state index in [0.717, 1.165) is 11.1 Å². The van der Waals surface area contributed by atoms with Gasteiger partial charge in [-0.25, -0.2) is 0 Å². The molecular weight excluding hydrogens is 428 g/mol. The van der Waals surface area contributed by atoms with Crippen molar-refractivity contribution in [3.05, 3.63) is 58.6 Å². The number of halogens is 1. The molecule has 0 aliphatic rings. The number of carbonyl (C=O) groups is 2. The maximum Gasteiger partial charge on any atom is 0.261 e. The molecular formula is C25H33ClN2O4. The van der Waals surface area contributed by atoms with Crippen molar-refractivity contribution in [2.75, 3.05) is 20.3 Å². The Hall–Kier alpha value is -2.73. The first kappa shape index (κ1) is 25.5. The van der Waals surface area contributed by atoms with E-state index in [1.54, 1.807) is 30.2 Å². The SMILES string of the molecule is CCC(C(=O)NCC(C)C)N(Cc1cccc(OC)c1)C(=O)COc1ccc(Cl)c(C)c1. The number of hydrogen-bond donors (Lipinski definition) is 1. The van der Waals surface area contributed by atoms with Crippen molar-refractivity contribution < 1.29 is 19.1 Å². The van der Waals surface area contributed by atoms with Crippen LogP contribution in [0.3, 0.4) is 0 Å². The van der Waals surface area contributed by atoms with Gasteiger partial charge in [0.2, 0.25) is 5.91 Å². The molecule has 6 nitrogen and oxygen atoms in total. The van der Waals surface area contributed by atoms with Gasteiger partial charge >= 0.3 is 0 Å². The van der Waals surface area contributed by atoms with Crippen molar-refractivity contribution in [2.24, 2.45) is 5.92 Å². The minimum Gasteiger partial charge on any atom is -0.497 e. The van der Waals surface area contributed by atoms with Gasteiger partial charge in [0.15, 0.2) is 6.61 Å². The summed E-state index contributed by atoms with van der Waals surface area (Å²) in [7, 11) is 1.60. The molecule has 2 amide bonds. The molecule has 0 saturated carbocycles. The smallest absolute Gasteiger partial charge is 0.261 e. The Labute approximate surface area is 195 Å². The summed E-state index contributed by atoms with van der Waals surface area (Å²) in [5.41, 5.74) is 1.74. The van der Waals surface area contributed by atoms with Crippen molar-refractivity contribution in [3.63, 3.8) is 0 Å². The van der Waals surface area contributed by atoms with Gasteiger partial charge in [-0.3, -0.25) is 9.59 Å². The van der Waals surface area contributed by atoms with E-state index in [1.807, 2.05) is 52.0 Å². The number of ether oxygens (including phenoxy) is 2. The molecule has 174 valence electrons. The van der Waals surface area contributed by atoms with Crippen LogP contribution in [-0.4, -0.2) is 43.0 Å². The lowest BCUT2D eigenvalue weighted by Gasteiger charge is -2.31. The molecule has 0 aromatic heterocycles. The lowest BCUT2D eigenvalue weighted by atomic mass is 10.1. The second-order valence-electron chi connectivity index (χ2n) is 8.14. The predicted octanol–water partition coefficient (Wildman–Crippen LogP) is 4.62. The Kier molecular flexibility index (Phi) is 9.85. The van der Waals surface area contributed by atoms with Gasteiger partial charge in [0.25, 0.3) is 5.91 Å². The normalized spacial score (nSPS) is 11.7. The number of methoxy groups -OCH3 is 1. The number of benzene rings is 2. The number of nitrogens with zero attached hydrogens (tertiary/aromatic N) is 1. The maximum atomic E-state index is 13.2. The zero-order chi connectivity index (χ0) is 23.7. The molecule has 2 aromatic carbocycles. The Morgan fingerprint density at radius 3 is 2.50 bits per heavy atom. The van der Waals surface area contributed by atoms with Crippen LogP contribution in [-0.2, 0) is 16.1 Å². The van der Waals surface area contributed by atoms with Gasteiger partial charge in [0, 0.05) is 18.1 Å². The van der Waals surface area contributed by atoms with Crippen LogP contribution in [0.1, 0.15) is 38.3 Å². The standard InChI is InChI=1S/C25H33ClN2O4/c1-6-23(25(30)27-14-17(2)3)28(15-19-8-7-9-20(13-19)31-5)24(29)16-32-21-10-11-22(26)18(4)12-21/h7-13,17,23H,6,14-16H2,1-5H3,(H,27,30). The highest BCUT2D eigenvalue weighted by Crippen LogP contribution is 2.22. The highest BCUT2D eigenvalue weighted by molar-refractivity contribution is 6.31. The predicted molar refractivity (Wildman–Crippen MR) is 127 cm³/mol. The molecule has 0 bridgehead atoms. The summed E-state index contributed by atoms with van der Waals surface area (Å²) in [6, 6.07) is 12.1. The second-order valence-corrected chi connectivity index (χ2v) is 8.54. The maximum absolute atomic E-state index is 13.2. The molecule has 1 unspecified atom stereocenters. The van der Waals surface area contributed by atoms with Crippen molar-refractivity contribution in [3.8, 4) is 11.5 Å². The third-order valence-corrected chi connectivity index (χ3v) is 5.47. The Balaban J connectivity index is 2.22. The lowest BCUT2D eigenvalue weighted by Crippen LogP contribution is -2.50. The fourth-order valence-electron chi connectivity index (χ4n) is 3.24. The van der Waals surface area contributed by atoms with Crippen molar-refractivity contribution in [1.82, 2.24) is 10.2 Å². The fourth-order valence-corrected chi connectivity index (χ4v) is 3.36. The van der Waals surface area contributed by atoms with Gasteiger partial charge in [-0.2, -0.15) is 0 Å². The van der Waals surface area contributed by atoms with Crippen LogP contribution < -0.4 is 14.8 Å². The summed E-state index contributed by atoms with van der Waals surface area (Å²) >= 11 is 6.07. The molecule has 0 radical (unpaired) electrons. The summed E-state index contributed by atoms with van der Waals surface area (Å²) in [6.07, 6.45) is 0.486. The van der Waals surface area contributed by atoms with E-state index in [4.69, 9.17) is 21.1 Å². The zero-order valence-corrected chi connectivity index (χ0v) is 20.2. The van der Waals surface area contributed by atoms with E-state index >= 15 is 0 Å². The molecule has 1 N–H and O–H groups in total. The van der Waals surface area contributed by atoms with E-state index in [9.17, 15) is 9.59 Å². The first-order chi connectivity index (χ1) is 15.2. The molecule has 2 rings (SSSR count). The summed E-state index contributed by atoms with van der Waals surface area (Å²) < 4.78 is 11.0. The molecule has 0 fully saturated rings. The third-order valence-electron chi connectivity index (χ3n) is 5.05. The first-order valence-electron chi connectivity index (χ1n) is 10.8. The molecule has 0 aliphatic heterocycles. The van der Waals surface area contributed by atoms with Gasteiger partial charge in [-0.05, 0) is 60.7 Å². The quantitative estimate of drug-likeness (QED) is 0.531. The molecule has 0 heterocycles. The van der Waals surface area contributed by atoms with Gasteiger partial charge < -0.3 is 19.7 Å². The minimum absolute atomic E-state index is 0.167. The van der Waals surface area contributed by atoms with E-state index in [0.29, 0.717) is 35.4 Å². The highest BCUT2D eigenvalue weighted by Gasteiger charge is 2.29. The zero-order valence-electron chi connectivity index (χ0n) is 19.5. The molecule has 2 aromatic rings. The lowest BCUT2D eigenvalue weighted by molar-refractivity contribution is -0.143. The monoisotopic (exact) mass is 460 g/mol. The number of amides is 2. The Morgan fingerprint density at radius 1 is 1.12 bits per heavy atom. The number of carbonyl (C=O) groups excluding carboxylic acids is 2. The van der Waals surface area contributed by atoms with E-state index in [2.05, 4.69) is 5.32 Å². The van der Waals surface area contributed by atoms with Gasteiger partial charge in [0.1, 0.15) is 17.5 Å². The molecule has 0 spiro atoms. The van der Waals surface area contributed by atoms with Crippen molar-refractivity contribution in [2.45, 2.75) is 46.7 Å². The van der Waals surface area contributed by atoms with E-state index < -0.39 is 6.04 Å². The molecule has 7 heteroatoms. The largest absolute Gasteiger partial charge is 0.497 e. The van der Waals surface area contributed by atoms with E-state index in [-0.39, 0.29) is 25.0 Å². The van der Waals surface area contributed by atoms with Crippen LogP contribution in [0.25, 0.3) is 0 Å². The highest BCUT2D eigenvalue weighted by atomic mass is 35.5. The number of nitrogens with one attached hydrogen (secondary N) is 1. The number of hydrogen-bond acceptors (Lipinski definition) is 4. The van der Waals surface area contributed by atoms with E-state index in [1.165, 1.54) is 0 Å². The molecule has 0 aliphatic carbocycles. The van der Waals surface area contributed by atoms with Crippen molar-refractivity contribution >= 4 is 23.4 Å². The first-order valence-corrected chi connectivity index (χ1v) is 11.2. The third kappa shape index (κ3) is 7.45. The van der Waals surface area contributed by atoms with Crippen LogP contribution in [0.2, 0.25) is 5.02 Å². The molecule has 0 saturated heterocycles. The summed E-state index contributed by atoms with van der Waals surface area (Å²) in [6.45, 7) is 8.47. The number of aryl methyl sites for hydroxylation is 1. The van der Waals surface area contributed by atoms with Gasteiger partial charge in [-0.15, -0.1) is 0 Å². The molecule has 1 atom stereocenters.